The molecule has 0 radical (unpaired) electrons. The molecule has 0 aliphatic rings. The third-order valence-corrected chi connectivity index (χ3v) is 5.95. The van der Waals surface area contributed by atoms with E-state index in [9.17, 15) is 9.59 Å². The molecule has 7 nitrogen and oxygen atoms in total. The molecule has 4 rings (SSSR count). The average molecular weight is 461 g/mol. The van der Waals surface area contributed by atoms with Crippen LogP contribution >= 0.6 is 11.8 Å². The molecule has 8 heteroatoms. The highest BCUT2D eigenvalue weighted by molar-refractivity contribution is 7.99. The van der Waals surface area contributed by atoms with Crippen LogP contribution in [-0.2, 0) is 11.3 Å². The van der Waals surface area contributed by atoms with E-state index in [4.69, 9.17) is 4.42 Å². The van der Waals surface area contributed by atoms with Gasteiger partial charge in [-0.25, -0.2) is 4.98 Å². The van der Waals surface area contributed by atoms with Gasteiger partial charge in [0.05, 0.1) is 17.7 Å². The predicted octanol–water partition coefficient (Wildman–Crippen LogP) is 4.74. The van der Waals surface area contributed by atoms with Gasteiger partial charge in [0.25, 0.3) is 5.91 Å². The average Bonchev–Trinajstić information content (AvgIpc) is 3.50. The molecule has 0 fully saturated rings. The largest absolute Gasteiger partial charge is 0.459 e. The van der Waals surface area contributed by atoms with E-state index in [1.54, 1.807) is 24.4 Å². The molecule has 2 aromatic carbocycles. The SMILES string of the molecule is Cc1ccc(C)c(-n2ccnc2SCC(=O)NCc2cccc(NC(=O)c3ccco3)c2)c1. The van der Waals surface area contributed by atoms with Crippen molar-refractivity contribution >= 4 is 29.3 Å². The lowest BCUT2D eigenvalue weighted by atomic mass is 10.1. The fourth-order valence-electron chi connectivity index (χ4n) is 3.30. The number of rotatable bonds is 8. The first kappa shape index (κ1) is 22.4. The highest BCUT2D eigenvalue weighted by Crippen LogP contribution is 2.23. The molecule has 0 saturated carbocycles. The number of carbonyl (C=O) groups is 2. The number of anilines is 1. The molecule has 4 aromatic rings. The van der Waals surface area contributed by atoms with Gasteiger partial charge in [0.15, 0.2) is 10.9 Å². The van der Waals surface area contributed by atoms with E-state index in [2.05, 4.69) is 47.7 Å². The van der Waals surface area contributed by atoms with Crippen molar-refractivity contribution in [3.8, 4) is 5.69 Å². The van der Waals surface area contributed by atoms with E-state index in [-0.39, 0.29) is 23.3 Å². The van der Waals surface area contributed by atoms with Crippen LogP contribution in [0.5, 0.6) is 0 Å². The molecule has 0 atom stereocenters. The number of nitrogens with one attached hydrogen (secondary N) is 2. The van der Waals surface area contributed by atoms with Crippen molar-refractivity contribution in [3.05, 3.63) is 95.7 Å². The first-order chi connectivity index (χ1) is 16.0. The van der Waals surface area contributed by atoms with Gasteiger partial charge in [-0.05, 0) is 60.9 Å². The molecule has 0 spiro atoms. The Balaban J connectivity index is 1.32. The molecule has 0 saturated heterocycles. The summed E-state index contributed by atoms with van der Waals surface area (Å²) in [5, 5.41) is 6.47. The molecule has 0 aliphatic carbocycles. The van der Waals surface area contributed by atoms with Crippen molar-refractivity contribution in [2.75, 3.05) is 11.1 Å². The van der Waals surface area contributed by atoms with Crippen molar-refractivity contribution in [1.82, 2.24) is 14.9 Å². The van der Waals surface area contributed by atoms with Gasteiger partial charge in [-0.15, -0.1) is 0 Å². The van der Waals surface area contributed by atoms with Crippen LogP contribution in [-0.4, -0.2) is 27.1 Å². The molecule has 0 unspecified atom stereocenters. The zero-order valence-electron chi connectivity index (χ0n) is 18.4. The van der Waals surface area contributed by atoms with E-state index in [0.717, 1.165) is 22.0 Å². The number of aryl methyl sites for hydroxylation is 2. The van der Waals surface area contributed by atoms with Gasteiger partial charge in [-0.3, -0.25) is 14.2 Å². The molecular weight excluding hydrogens is 436 g/mol. The van der Waals surface area contributed by atoms with E-state index in [1.165, 1.54) is 23.6 Å². The number of thioether (sulfide) groups is 1. The van der Waals surface area contributed by atoms with Crippen LogP contribution in [0.3, 0.4) is 0 Å². The lowest BCUT2D eigenvalue weighted by molar-refractivity contribution is -0.118. The molecule has 2 aromatic heterocycles. The fourth-order valence-corrected chi connectivity index (χ4v) is 4.10. The van der Waals surface area contributed by atoms with E-state index in [1.807, 2.05) is 29.0 Å². The Labute approximate surface area is 196 Å². The number of nitrogens with zero attached hydrogens (tertiary/aromatic N) is 2. The van der Waals surface area contributed by atoms with Gasteiger partial charge >= 0.3 is 0 Å². The monoisotopic (exact) mass is 460 g/mol. The molecular formula is C25H24N4O3S. The number of amides is 2. The Morgan fingerprint density at radius 1 is 1.09 bits per heavy atom. The highest BCUT2D eigenvalue weighted by atomic mass is 32.2. The Morgan fingerprint density at radius 2 is 1.97 bits per heavy atom. The Hall–Kier alpha value is -3.78. The zero-order chi connectivity index (χ0) is 23.2. The number of carbonyl (C=O) groups excluding carboxylic acids is 2. The predicted molar refractivity (Wildman–Crippen MR) is 129 cm³/mol. The van der Waals surface area contributed by atoms with Gasteiger partial charge in [0.1, 0.15) is 0 Å². The minimum absolute atomic E-state index is 0.0967. The molecule has 0 aliphatic heterocycles. The van der Waals surface area contributed by atoms with Crippen LogP contribution in [0.15, 0.2) is 82.8 Å². The minimum Gasteiger partial charge on any atom is -0.459 e. The summed E-state index contributed by atoms with van der Waals surface area (Å²) in [7, 11) is 0. The number of hydrogen-bond donors (Lipinski definition) is 2. The maximum atomic E-state index is 12.4. The number of aromatic nitrogens is 2. The summed E-state index contributed by atoms with van der Waals surface area (Å²) in [5.74, 6) is 0.0685. The molecule has 33 heavy (non-hydrogen) atoms. The number of furan rings is 1. The first-order valence-corrected chi connectivity index (χ1v) is 11.4. The standard InChI is InChI=1S/C25H24N4O3S/c1-17-8-9-18(2)21(13-17)29-11-10-26-25(29)33-16-23(30)27-15-19-5-3-6-20(14-19)28-24(31)22-7-4-12-32-22/h3-14H,15-16H2,1-2H3,(H,27,30)(H,28,31). The second-order valence-corrected chi connectivity index (χ2v) is 8.51. The summed E-state index contributed by atoms with van der Waals surface area (Å²) in [6.07, 6.45) is 5.10. The Morgan fingerprint density at radius 3 is 2.79 bits per heavy atom. The topological polar surface area (TPSA) is 89.2 Å². The van der Waals surface area contributed by atoms with Crippen molar-refractivity contribution < 1.29 is 14.0 Å². The van der Waals surface area contributed by atoms with Crippen LogP contribution in [0.25, 0.3) is 5.69 Å². The molecule has 168 valence electrons. The fraction of sp³-hybridized carbons (Fsp3) is 0.160. The van der Waals surface area contributed by atoms with E-state index in [0.29, 0.717) is 12.2 Å². The number of imidazole rings is 1. The van der Waals surface area contributed by atoms with Crippen LogP contribution < -0.4 is 10.6 Å². The summed E-state index contributed by atoms with van der Waals surface area (Å²) in [5.41, 5.74) is 4.88. The van der Waals surface area contributed by atoms with Crippen LogP contribution in [0.2, 0.25) is 0 Å². The van der Waals surface area contributed by atoms with Gasteiger partial charge in [-0.2, -0.15) is 0 Å². The maximum absolute atomic E-state index is 12.4. The van der Waals surface area contributed by atoms with Crippen LogP contribution in [0.1, 0.15) is 27.2 Å². The lowest BCUT2D eigenvalue weighted by Crippen LogP contribution is -2.24. The molecule has 2 N–H and O–H groups in total. The molecule has 2 amide bonds. The Bertz CT molecular complexity index is 1260. The van der Waals surface area contributed by atoms with E-state index < -0.39 is 0 Å². The third-order valence-electron chi connectivity index (χ3n) is 4.98. The summed E-state index contributed by atoms with van der Waals surface area (Å²) < 4.78 is 7.11. The van der Waals surface area contributed by atoms with Crippen molar-refractivity contribution in [2.24, 2.45) is 0 Å². The lowest BCUT2D eigenvalue weighted by Gasteiger charge is -2.11. The second kappa shape index (κ2) is 10.2. The smallest absolute Gasteiger partial charge is 0.291 e. The first-order valence-electron chi connectivity index (χ1n) is 10.4. The third kappa shape index (κ3) is 5.72. The molecule has 0 bridgehead atoms. The number of benzene rings is 2. The Kier molecular flexibility index (Phi) is 6.95. The highest BCUT2D eigenvalue weighted by Gasteiger charge is 2.12. The maximum Gasteiger partial charge on any atom is 0.291 e. The van der Waals surface area contributed by atoms with Crippen molar-refractivity contribution in [3.63, 3.8) is 0 Å². The van der Waals surface area contributed by atoms with Crippen LogP contribution in [0.4, 0.5) is 5.69 Å². The van der Waals surface area contributed by atoms with Gasteiger partial charge in [-0.1, -0.05) is 36.0 Å². The van der Waals surface area contributed by atoms with Gasteiger partial charge in [0, 0.05) is 24.6 Å². The van der Waals surface area contributed by atoms with E-state index >= 15 is 0 Å². The quantitative estimate of drug-likeness (QED) is 0.371. The molecule has 2 heterocycles. The van der Waals surface area contributed by atoms with Crippen molar-refractivity contribution in [2.45, 2.75) is 25.5 Å². The van der Waals surface area contributed by atoms with Crippen LogP contribution in [0, 0.1) is 13.8 Å². The number of hydrogen-bond acceptors (Lipinski definition) is 5. The zero-order valence-corrected chi connectivity index (χ0v) is 19.2. The summed E-state index contributed by atoms with van der Waals surface area (Å²) >= 11 is 1.39. The normalized spacial score (nSPS) is 10.7. The van der Waals surface area contributed by atoms with Crippen molar-refractivity contribution in [1.29, 1.82) is 0 Å². The van der Waals surface area contributed by atoms with Gasteiger partial charge in [0.2, 0.25) is 5.91 Å². The van der Waals surface area contributed by atoms with Gasteiger partial charge < -0.3 is 15.1 Å². The summed E-state index contributed by atoms with van der Waals surface area (Å²) in [4.78, 5) is 29.0. The summed E-state index contributed by atoms with van der Waals surface area (Å²) in [6.45, 7) is 4.47. The minimum atomic E-state index is -0.322. The summed E-state index contributed by atoms with van der Waals surface area (Å²) in [6, 6.07) is 16.9. The second-order valence-electron chi connectivity index (χ2n) is 7.57.